The van der Waals surface area contributed by atoms with E-state index in [0.717, 1.165) is 17.7 Å². The Bertz CT molecular complexity index is 483. The van der Waals surface area contributed by atoms with Gasteiger partial charge in [-0.1, -0.05) is 72.4 Å². The Kier molecular flexibility index (Phi) is 4.05. The van der Waals surface area contributed by atoms with Crippen LogP contribution in [-0.4, -0.2) is 4.86 Å². The van der Waals surface area contributed by atoms with Gasteiger partial charge in [0, 0.05) is 17.7 Å². The molecule has 0 N–H and O–H groups in total. The molecule has 2 aromatic carbocycles. The summed E-state index contributed by atoms with van der Waals surface area (Å²) in [5.41, 5.74) is 3.89. The van der Waals surface area contributed by atoms with E-state index in [1.807, 2.05) is 6.07 Å². The van der Waals surface area contributed by atoms with Crippen molar-refractivity contribution in [1.82, 2.24) is 0 Å². The second kappa shape index (κ2) is 5.74. The number of aryl methyl sites for hydroxylation is 1. The SMILES string of the molecule is Cc1ccc(CC(=S)Cc2ccccc2)cc1. The van der Waals surface area contributed by atoms with Crippen LogP contribution >= 0.6 is 12.2 Å². The summed E-state index contributed by atoms with van der Waals surface area (Å²) in [6, 6.07) is 19.0. The zero-order chi connectivity index (χ0) is 12.1. The first-order valence-corrected chi connectivity index (χ1v) is 6.26. The molecule has 0 heterocycles. The third-order valence-electron chi connectivity index (χ3n) is 2.77. The van der Waals surface area contributed by atoms with Crippen LogP contribution in [0.4, 0.5) is 0 Å². The summed E-state index contributed by atoms with van der Waals surface area (Å²) in [7, 11) is 0. The maximum Gasteiger partial charge on any atom is 0.00416 e. The summed E-state index contributed by atoms with van der Waals surface area (Å²) in [5.74, 6) is 0. The molecule has 2 rings (SSSR count). The smallest absolute Gasteiger partial charge is 0.00416 e. The van der Waals surface area contributed by atoms with Crippen LogP contribution in [0.25, 0.3) is 0 Å². The van der Waals surface area contributed by atoms with Gasteiger partial charge in [0.05, 0.1) is 0 Å². The first-order valence-electron chi connectivity index (χ1n) is 5.85. The summed E-state index contributed by atoms with van der Waals surface area (Å²) in [5, 5.41) is 0. The lowest BCUT2D eigenvalue weighted by Gasteiger charge is -2.05. The average molecular weight is 240 g/mol. The van der Waals surface area contributed by atoms with E-state index in [0.29, 0.717) is 0 Å². The largest absolute Gasteiger partial charge is 0.0890 e. The maximum atomic E-state index is 5.45. The average Bonchev–Trinajstić information content (AvgIpc) is 2.33. The molecule has 0 fully saturated rings. The first kappa shape index (κ1) is 12.0. The van der Waals surface area contributed by atoms with Crippen LogP contribution < -0.4 is 0 Å². The van der Waals surface area contributed by atoms with Crippen molar-refractivity contribution in [1.29, 1.82) is 0 Å². The number of rotatable bonds is 4. The fourth-order valence-corrected chi connectivity index (χ4v) is 2.15. The van der Waals surface area contributed by atoms with Crippen LogP contribution in [0.2, 0.25) is 0 Å². The highest BCUT2D eigenvalue weighted by molar-refractivity contribution is 7.80. The molecule has 0 aliphatic carbocycles. The molecule has 0 spiro atoms. The van der Waals surface area contributed by atoms with E-state index < -0.39 is 0 Å². The summed E-state index contributed by atoms with van der Waals surface area (Å²) in [6.07, 6.45) is 1.79. The second-order valence-electron chi connectivity index (χ2n) is 4.36. The molecule has 0 saturated carbocycles. The predicted octanol–water partition coefficient (Wildman–Crippen LogP) is 4.15. The third-order valence-corrected chi connectivity index (χ3v) is 3.05. The number of hydrogen-bond acceptors (Lipinski definition) is 1. The first-order chi connectivity index (χ1) is 8.24. The van der Waals surface area contributed by atoms with Crippen LogP contribution in [0.1, 0.15) is 16.7 Å². The molecule has 17 heavy (non-hydrogen) atoms. The molecule has 0 radical (unpaired) electrons. The second-order valence-corrected chi connectivity index (χ2v) is 4.94. The number of thiocarbonyl (C=S) groups is 1. The van der Waals surface area contributed by atoms with Crippen LogP contribution in [0.5, 0.6) is 0 Å². The number of benzene rings is 2. The lowest BCUT2D eigenvalue weighted by molar-refractivity contribution is 1.25. The normalized spacial score (nSPS) is 10.2. The van der Waals surface area contributed by atoms with Crippen molar-refractivity contribution in [3.05, 3.63) is 71.3 Å². The molecule has 0 aliphatic heterocycles. The van der Waals surface area contributed by atoms with E-state index in [2.05, 4.69) is 55.5 Å². The zero-order valence-electron chi connectivity index (χ0n) is 10.0. The van der Waals surface area contributed by atoms with Gasteiger partial charge in [-0.2, -0.15) is 0 Å². The summed E-state index contributed by atoms with van der Waals surface area (Å²) in [4.78, 5) is 1.10. The molecule has 0 saturated heterocycles. The Labute approximate surface area is 108 Å². The Morgan fingerprint density at radius 2 is 1.35 bits per heavy atom. The molecule has 0 nitrogen and oxygen atoms in total. The minimum Gasteiger partial charge on any atom is -0.0890 e. The van der Waals surface area contributed by atoms with E-state index in [-0.39, 0.29) is 0 Å². The molecule has 0 aromatic heterocycles. The van der Waals surface area contributed by atoms with Crippen molar-refractivity contribution in [3.8, 4) is 0 Å². The minimum atomic E-state index is 0.893. The topological polar surface area (TPSA) is 0 Å². The highest BCUT2D eigenvalue weighted by Gasteiger charge is 2.01. The maximum absolute atomic E-state index is 5.45. The molecule has 0 amide bonds. The highest BCUT2D eigenvalue weighted by atomic mass is 32.1. The van der Waals surface area contributed by atoms with Crippen LogP contribution in [-0.2, 0) is 12.8 Å². The van der Waals surface area contributed by atoms with Gasteiger partial charge in [0.1, 0.15) is 0 Å². The Morgan fingerprint density at radius 1 is 0.824 bits per heavy atom. The molecule has 86 valence electrons. The van der Waals surface area contributed by atoms with Crippen LogP contribution in [0, 0.1) is 6.92 Å². The third kappa shape index (κ3) is 3.79. The Morgan fingerprint density at radius 3 is 1.94 bits per heavy atom. The van der Waals surface area contributed by atoms with Gasteiger partial charge in [0.2, 0.25) is 0 Å². The summed E-state index contributed by atoms with van der Waals surface area (Å²) in [6.45, 7) is 2.10. The zero-order valence-corrected chi connectivity index (χ0v) is 10.8. The van der Waals surface area contributed by atoms with Gasteiger partial charge in [0.15, 0.2) is 0 Å². The van der Waals surface area contributed by atoms with E-state index in [1.54, 1.807) is 0 Å². The van der Waals surface area contributed by atoms with Crippen molar-refractivity contribution < 1.29 is 0 Å². The molecule has 0 bridgehead atoms. The van der Waals surface area contributed by atoms with E-state index in [1.165, 1.54) is 16.7 Å². The standard InChI is InChI=1S/C16H16S/c1-13-7-9-15(10-8-13)12-16(17)11-14-5-3-2-4-6-14/h2-10H,11-12H2,1H3. The van der Waals surface area contributed by atoms with Gasteiger partial charge in [-0.15, -0.1) is 0 Å². The van der Waals surface area contributed by atoms with Gasteiger partial charge >= 0.3 is 0 Å². The lowest BCUT2D eigenvalue weighted by atomic mass is 10.0. The van der Waals surface area contributed by atoms with Crippen LogP contribution in [0.3, 0.4) is 0 Å². The van der Waals surface area contributed by atoms with Gasteiger partial charge in [0.25, 0.3) is 0 Å². The quantitative estimate of drug-likeness (QED) is 0.723. The van der Waals surface area contributed by atoms with E-state index in [9.17, 15) is 0 Å². The van der Waals surface area contributed by atoms with E-state index >= 15 is 0 Å². The molecule has 1 heteroatoms. The monoisotopic (exact) mass is 240 g/mol. The lowest BCUT2D eigenvalue weighted by Crippen LogP contribution is -2.03. The van der Waals surface area contributed by atoms with E-state index in [4.69, 9.17) is 12.2 Å². The molecule has 0 aliphatic rings. The summed E-state index contributed by atoms with van der Waals surface area (Å²) >= 11 is 5.45. The predicted molar refractivity (Wildman–Crippen MR) is 77.6 cm³/mol. The Hall–Kier alpha value is -1.47. The molecule has 0 unspecified atom stereocenters. The van der Waals surface area contributed by atoms with Crippen molar-refractivity contribution in [3.63, 3.8) is 0 Å². The van der Waals surface area contributed by atoms with Crippen molar-refractivity contribution in [2.45, 2.75) is 19.8 Å². The van der Waals surface area contributed by atoms with Gasteiger partial charge in [-0.05, 0) is 18.1 Å². The highest BCUT2D eigenvalue weighted by Crippen LogP contribution is 2.08. The van der Waals surface area contributed by atoms with Gasteiger partial charge in [-0.25, -0.2) is 0 Å². The van der Waals surface area contributed by atoms with Crippen molar-refractivity contribution in [2.24, 2.45) is 0 Å². The van der Waals surface area contributed by atoms with Gasteiger partial charge in [-0.3, -0.25) is 0 Å². The molecular weight excluding hydrogens is 224 g/mol. The van der Waals surface area contributed by atoms with Gasteiger partial charge < -0.3 is 0 Å². The molecular formula is C16H16S. The van der Waals surface area contributed by atoms with Crippen molar-refractivity contribution >= 4 is 17.1 Å². The molecule has 2 aromatic rings. The fraction of sp³-hybridized carbons (Fsp3) is 0.188. The fourth-order valence-electron chi connectivity index (χ4n) is 1.82. The minimum absolute atomic E-state index is 0.893. The Balaban J connectivity index is 1.96. The molecule has 0 atom stereocenters. The van der Waals surface area contributed by atoms with Crippen molar-refractivity contribution in [2.75, 3.05) is 0 Å². The number of hydrogen-bond donors (Lipinski definition) is 0. The van der Waals surface area contributed by atoms with Crippen LogP contribution in [0.15, 0.2) is 54.6 Å². The summed E-state index contributed by atoms with van der Waals surface area (Å²) < 4.78 is 0.